The van der Waals surface area contributed by atoms with Crippen LogP contribution in [0.4, 0.5) is 4.39 Å². The maximum absolute atomic E-state index is 15.0. The Balaban J connectivity index is 2.28. The smallest absolute Gasteiger partial charge is 0.238 e. The number of nitrogens with zero attached hydrogens (tertiary/aromatic N) is 2. The second kappa shape index (κ2) is 7.81. The summed E-state index contributed by atoms with van der Waals surface area (Å²) in [7, 11) is -4.22. The summed E-state index contributed by atoms with van der Waals surface area (Å²) in [6.07, 6.45) is 5.73. The van der Waals surface area contributed by atoms with Crippen molar-refractivity contribution in [2.75, 3.05) is 12.5 Å². The molecule has 0 aliphatic rings. The van der Waals surface area contributed by atoms with Crippen LogP contribution in [0.25, 0.3) is 16.9 Å². The molecule has 0 spiro atoms. The first-order valence-corrected chi connectivity index (χ1v) is 12.4. The first kappa shape index (κ1) is 21.4. The van der Waals surface area contributed by atoms with E-state index in [2.05, 4.69) is 4.98 Å². The van der Waals surface area contributed by atoms with Gasteiger partial charge in [0, 0.05) is 17.1 Å². The van der Waals surface area contributed by atoms with Crippen molar-refractivity contribution < 1.29 is 17.6 Å². The molecule has 0 bridgehead atoms. The summed E-state index contributed by atoms with van der Waals surface area (Å²) in [5.74, 6) is -0.834. The van der Waals surface area contributed by atoms with Crippen LogP contribution in [0.1, 0.15) is 16.8 Å². The first-order chi connectivity index (χ1) is 13.5. The van der Waals surface area contributed by atoms with Gasteiger partial charge < -0.3 is 4.40 Å². The van der Waals surface area contributed by atoms with Gasteiger partial charge in [-0.1, -0.05) is 0 Å². The number of primary sulfonamides is 1. The summed E-state index contributed by atoms with van der Waals surface area (Å²) in [5, 5.41) is 6.78. The predicted octanol–water partition coefficient (Wildman–Crippen LogP) is 2.85. The van der Waals surface area contributed by atoms with Crippen molar-refractivity contribution in [1.82, 2.24) is 9.38 Å². The fraction of sp³-hybridized carbons (Fsp3) is 0.250. The molecule has 3 rings (SSSR count). The molecule has 0 unspecified atom stereocenters. The Labute approximate surface area is 171 Å². The molecule has 1 aromatic carbocycles. The Morgan fingerprint density at radius 1 is 1.28 bits per heavy atom. The number of nitrogens with two attached hydrogens (primary N) is 1. The molecule has 2 aromatic heterocycles. The maximum Gasteiger partial charge on any atom is 0.238 e. The third-order valence-electron chi connectivity index (χ3n) is 4.42. The molecule has 0 saturated carbocycles. The van der Waals surface area contributed by atoms with Gasteiger partial charge in [0.15, 0.2) is 5.78 Å². The van der Waals surface area contributed by atoms with Gasteiger partial charge in [-0.25, -0.2) is 22.9 Å². The third-order valence-corrected chi connectivity index (χ3v) is 6.04. The second-order valence-electron chi connectivity index (χ2n) is 7.12. The topological polar surface area (TPSA) is 94.5 Å². The van der Waals surface area contributed by atoms with Gasteiger partial charge in [-0.3, -0.25) is 4.79 Å². The highest BCUT2D eigenvalue weighted by atomic mass is 32.2. The first-order valence-electron chi connectivity index (χ1n) is 8.72. The third kappa shape index (κ3) is 4.47. The second-order valence-corrected chi connectivity index (χ2v) is 10.7. The van der Waals surface area contributed by atoms with Crippen molar-refractivity contribution >= 4 is 37.3 Å². The Bertz CT molecular complexity index is 1250. The van der Waals surface area contributed by atoms with Gasteiger partial charge >= 0.3 is 0 Å². The summed E-state index contributed by atoms with van der Waals surface area (Å²) >= 11 is 0. The lowest BCUT2D eigenvalue weighted by molar-refractivity contribution is -0.111. The summed E-state index contributed by atoms with van der Waals surface area (Å²) in [4.78, 5) is 16.8. The minimum Gasteiger partial charge on any atom is -0.303 e. The molecule has 9 heteroatoms. The zero-order valence-corrected chi connectivity index (χ0v) is 18.2. The van der Waals surface area contributed by atoms with Crippen molar-refractivity contribution in [3.63, 3.8) is 0 Å². The molecule has 0 saturated heterocycles. The molecule has 0 radical (unpaired) electrons. The minimum atomic E-state index is -4.04. The van der Waals surface area contributed by atoms with Crippen LogP contribution in [-0.2, 0) is 21.2 Å². The van der Waals surface area contributed by atoms with E-state index in [0.717, 1.165) is 11.6 Å². The monoisotopic (exact) mass is 435 g/mol. The normalized spacial score (nSPS) is 12.0. The van der Waals surface area contributed by atoms with E-state index in [4.69, 9.17) is 5.14 Å². The number of Topliss-reactive ketones (excluding diaryl/α,β-unsaturated/α-hetero) is 1. The molecule has 6 nitrogen and oxygen atoms in total. The molecule has 2 heterocycles. The number of halogens is 1. The zero-order chi connectivity index (χ0) is 21.5. The quantitative estimate of drug-likeness (QED) is 0.624. The lowest BCUT2D eigenvalue weighted by Crippen LogP contribution is -2.13. The van der Waals surface area contributed by atoms with Crippen molar-refractivity contribution in [2.24, 2.45) is 5.14 Å². The van der Waals surface area contributed by atoms with E-state index in [9.17, 15) is 13.2 Å². The van der Waals surface area contributed by atoms with Gasteiger partial charge in [0.2, 0.25) is 10.0 Å². The predicted molar refractivity (Wildman–Crippen MR) is 116 cm³/mol. The number of aromatic nitrogens is 2. The van der Waals surface area contributed by atoms with Gasteiger partial charge in [0.05, 0.1) is 22.7 Å². The van der Waals surface area contributed by atoms with E-state index < -0.39 is 15.8 Å². The molecule has 2 N–H and O–H groups in total. The molecule has 3 aromatic rings. The van der Waals surface area contributed by atoms with Crippen molar-refractivity contribution in [3.8, 4) is 11.3 Å². The Morgan fingerprint density at radius 2 is 1.97 bits per heavy atom. The van der Waals surface area contributed by atoms with Crippen LogP contribution in [0.5, 0.6) is 0 Å². The standard InChI is InChI=1S/C20H22FN3O3S2/c1-12-5-6-24-17(9-14(25)11-28(3)4)20(23-18(24)7-12)19-13(2)8-15(10-16(19)21)29(22,26)27/h5-8,10-11H,9H2,1-4H3,(H2,22,26,27). The number of carbonyl (C=O) groups is 1. The lowest BCUT2D eigenvalue weighted by Gasteiger charge is -2.10. The summed E-state index contributed by atoms with van der Waals surface area (Å²) in [6, 6.07) is 5.93. The van der Waals surface area contributed by atoms with E-state index in [0.29, 0.717) is 22.6 Å². The number of fused-ring (bicyclic) bond motifs is 1. The number of rotatable bonds is 5. The molecule has 0 fully saturated rings. The number of imidazole rings is 1. The number of pyridine rings is 1. The fourth-order valence-electron chi connectivity index (χ4n) is 3.21. The van der Waals surface area contributed by atoms with Crippen molar-refractivity contribution in [1.29, 1.82) is 0 Å². The van der Waals surface area contributed by atoms with E-state index in [1.807, 2.05) is 31.6 Å². The Morgan fingerprint density at radius 3 is 2.55 bits per heavy atom. The zero-order valence-electron chi connectivity index (χ0n) is 16.6. The van der Waals surface area contributed by atoms with Crippen LogP contribution in [0.15, 0.2) is 35.4 Å². The number of ketones is 1. The van der Waals surface area contributed by atoms with E-state index in [1.165, 1.54) is 6.07 Å². The highest BCUT2D eigenvalue weighted by Crippen LogP contribution is 2.32. The van der Waals surface area contributed by atoms with Crippen LogP contribution in [0.2, 0.25) is 0 Å². The Kier molecular flexibility index (Phi) is 5.75. The number of sulfonamides is 1. The highest BCUT2D eigenvalue weighted by Gasteiger charge is 2.23. The summed E-state index contributed by atoms with van der Waals surface area (Å²) in [5.41, 5.74) is 2.97. The van der Waals surface area contributed by atoms with Crippen LogP contribution in [0, 0.1) is 19.7 Å². The average molecular weight is 436 g/mol. The number of hydrogen-bond acceptors (Lipinski definition) is 4. The van der Waals surface area contributed by atoms with E-state index >= 15 is 4.39 Å². The van der Waals surface area contributed by atoms with Gasteiger partial charge in [-0.15, -0.1) is 0 Å². The van der Waals surface area contributed by atoms with Gasteiger partial charge in [-0.2, -0.15) is 10.5 Å². The molecule has 0 amide bonds. The number of aryl methyl sites for hydroxylation is 2. The van der Waals surface area contributed by atoms with Gasteiger partial charge in [0.1, 0.15) is 11.5 Å². The number of carbonyl (C=O) groups excluding carboxylic acids is 1. The SMILES string of the molecule is Cc1ccn2c(CC(=O)C=S(C)C)c(-c3c(C)cc(S(N)(=O)=O)cc3F)nc2c1. The molecule has 0 aliphatic carbocycles. The molecular formula is C20H22FN3O3S2. The Hall–Kier alpha value is -2.36. The largest absolute Gasteiger partial charge is 0.303 e. The summed E-state index contributed by atoms with van der Waals surface area (Å²) < 4.78 is 40.0. The van der Waals surface area contributed by atoms with Crippen LogP contribution < -0.4 is 5.14 Å². The van der Waals surface area contributed by atoms with Crippen LogP contribution in [0.3, 0.4) is 0 Å². The van der Waals surface area contributed by atoms with Crippen LogP contribution in [-0.4, -0.2) is 41.5 Å². The molecule has 0 aliphatic heterocycles. The average Bonchev–Trinajstić information content (AvgIpc) is 2.89. The molecule has 154 valence electrons. The number of benzene rings is 1. The van der Waals surface area contributed by atoms with E-state index in [1.54, 1.807) is 22.9 Å². The van der Waals surface area contributed by atoms with Crippen molar-refractivity contribution in [3.05, 3.63) is 53.1 Å². The molecule has 0 atom stereocenters. The fourth-order valence-corrected chi connectivity index (χ4v) is 4.43. The maximum atomic E-state index is 15.0. The van der Waals surface area contributed by atoms with Crippen molar-refractivity contribution in [2.45, 2.75) is 25.2 Å². The summed E-state index contributed by atoms with van der Waals surface area (Å²) in [6.45, 7) is 3.51. The van der Waals surface area contributed by atoms with Gasteiger partial charge in [-0.05, 0) is 61.8 Å². The molecular weight excluding hydrogens is 413 g/mol. The van der Waals surface area contributed by atoms with E-state index in [-0.39, 0.29) is 33.1 Å². The molecule has 29 heavy (non-hydrogen) atoms. The highest BCUT2D eigenvalue weighted by molar-refractivity contribution is 8.14. The van der Waals surface area contributed by atoms with Crippen LogP contribution >= 0.6 is 10.5 Å². The van der Waals surface area contributed by atoms with Gasteiger partial charge in [0.25, 0.3) is 0 Å². The number of hydrogen-bond donors (Lipinski definition) is 1. The lowest BCUT2D eigenvalue weighted by atomic mass is 10.0. The minimum absolute atomic E-state index is 0.0561.